The van der Waals surface area contributed by atoms with Gasteiger partial charge in [0.2, 0.25) is 5.75 Å². The predicted octanol–water partition coefficient (Wildman–Crippen LogP) is 4.04. The minimum absolute atomic E-state index is 0.114. The molecule has 0 amide bonds. The van der Waals surface area contributed by atoms with Crippen molar-refractivity contribution in [2.24, 2.45) is 0 Å². The van der Waals surface area contributed by atoms with Gasteiger partial charge in [-0.3, -0.25) is 9.36 Å². The minimum atomic E-state index is -0.347. The van der Waals surface area contributed by atoms with Gasteiger partial charge < -0.3 is 24.0 Å². The fraction of sp³-hybridized carbons (Fsp3) is 0.0833. The first-order valence-electron chi connectivity index (χ1n) is 9.63. The number of rotatable bonds is 7. The van der Waals surface area contributed by atoms with Gasteiger partial charge >= 0.3 is 5.69 Å². The first kappa shape index (κ1) is 20.8. The van der Waals surface area contributed by atoms with Gasteiger partial charge in [-0.25, -0.2) is 4.79 Å². The summed E-state index contributed by atoms with van der Waals surface area (Å²) in [6.07, 6.45) is 6.14. The molecule has 4 aromatic rings. The summed E-state index contributed by atoms with van der Waals surface area (Å²) >= 11 is 0. The maximum atomic E-state index is 12.7. The van der Waals surface area contributed by atoms with Gasteiger partial charge in [-0.2, -0.15) is 0 Å². The summed E-state index contributed by atoms with van der Waals surface area (Å²) in [7, 11) is 2.86. The molecule has 0 aliphatic carbocycles. The third-order valence-corrected chi connectivity index (χ3v) is 4.84. The van der Waals surface area contributed by atoms with Gasteiger partial charge in [-0.15, -0.1) is 0 Å². The van der Waals surface area contributed by atoms with Crippen molar-refractivity contribution in [2.45, 2.75) is 0 Å². The largest absolute Gasteiger partial charge is 0.502 e. The van der Waals surface area contributed by atoms with Gasteiger partial charge in [0.1, 0.15) is 5.69 Å². The highest BCUT2D eigenvalue weighted by Gasteiger charge is 2.12. The maximum absolute atomic E-state index is 12.7. The zero-order valence-corrected chi connectivity index (χ0v) is 17.4. The van der Waals surface area contributed by atoms with Crippen molar-refractivity contribution < 1.29 is 23.8 Å². The molecule has 2 aromatic carbocycles. The van der Waals surface area contributed by atoms with Gasteiger partial charge in [0.25, 0.3) is 0 Å². The molecule has 2 N–H and O–H groups in total. The van der Waals surface area contributed by atoms with Crippen LogP contribution in [0.15, 0.2) is 76.3 Å². The number of phenolic OH excluding ortho intramolecular Hbond substituents is 1. The highest BCUT2D eigenvalue weighted by molar-refractivity contribution is 6.07. The molecule has 0 fully saturated rings. The molecule has 4 rings (SSSR count). The minimum Gasteiger partial charge on any atom is -0.502 e. The number of aromatic hydroxyl groups is 1. The second kappa shape index (κ2) is 8.73. The van der Waals surface area contributed by atoms with Crippen molar-refractivity contribution in [1.82, 2.24) is 9.55 Å². The smallest absolute Gasteiger partial charge is 0.330 e. The monoisotopic (exact) mass is 432 g/mol. The van der Waals surface area contributed by atoms with Crippen LogP contribution >= 0.6 is 0 Å². The number of benzene rings is 2. The zero-order chi connectivity index (χ0) is 22.7. The van der Waals surface area contributed by atoms with Crippen LogP contribution in [0.1, 0.15) is 15.9 Å². The molecule has 0 bridgehead atoms. The summed E-state index contributed by atoms with van der Waals surface area (Å²) < 4.78 is 17.0. The molecule has 0 aliphatic rings. The van der Waals surface area contributed by atoms with E-state index in [0.29, 0.717) is 28.3 Å². The molecule has 8 nitrogen and oxygen atoms in total. The lowest BCUT2D eigenvalue weighted by Gasteiger charge is -2.09. The molecular weight excluding hydrogens is 412 g/mol. The number of imidazole rings is 1. The summed E-state index contributed by atoms with van der Waals surface area (Å²) in [5.41, 5.74) is 1.75. The van der Waals surface area contributed by atoms with Crippen LogP contribution in [0.2, 0.25) is 0 Å². The summed E-state index contributed by atoms with van der Waals surface area (Å²) in [5.74, 6) is 0.635. The van der Waals surface area contributed by atoms with E-state index in [9.17, 15) is 14.7 Å². The van der Waals surface area contributed by atoms with Gasteiger partial charge in [0.05, 0.1) is 26.2 Å². The number of methoxy groups -OCH3 is 2. The van der Waals surface area contributed by atoms with Crippen LogP contribution in [0, 0.1) is 0 Å². The molecule has 2 aromatic heterocycles. The SMILES string of the molecule is COc1cc(/C=C/C(=O)c2cccc(-n3cc(-c4ccco4)[nH]c3=O)c2)cc(OC)c1O. The second-order valence-electron chi connectivity index (χ2n) is 6.84. The molecule has 0 radical (unpaired) electrons. The highest BCUT2D eigenvalue weighted by atomic mass is 16.5. The Hall–Kier alpha value is -4.46. The molecule has 0 unspecified atom stereocenters. The third-order valence-electron chi connectivity index (χ3n) is 4.84. The summed E-state index contributed by atoms with van der Waals surface area (Å²) in [5, 5.41) is 10.0. The van der Waals surface area contributed by atoms with Crippen LogP contribution in [-0.2, 0) is 0 Å². The second-order valence-corrected chi connectivity index (χ2v) is 6.84. The van der Waals surface area contributed by atoms with Gasteiger partial charge in [0.15, 0.2) is 23.0 Å². The Bertz CT molecular complexity index is 1320. The average Bonchev–Trinajstić information content (AvgIpc) is 3.48. The van der Waals surface area contributed by atoms with Crippen LogP contribution < -0.4 is 15.2 Å². The number of phenols is 1. The molecular formula is C24H20N2O6. The van der Waals surface area contributed by atoms with Crippen LogP contribution in [0.4, 0.5) is 0 Å². The fourth-order valence-electron chi connectivity index (χ4n) is 3.23. The Kier molecular flexibility index (Phi) is 5.67. The lowest BCUT2D eigenvalue weighted by atomic mass is 10.1. The van der Waals surface area contributed by atoms with Crippen molar-refractivity contribution in [1.29, 1.82) is 0 Å². The number of carbonyl (C=O) groups excluding carboxylic acids is 1. The quantitative estimate of drug-likeness (QED) is 0.337. The van der Waals surface area contributed by atoms with Gasteiger partial charge in [-0.1, -0.05) is 18.2 Å². The van der Waals surface area contributed by atoms with Crippen molar-refractivity contribution in [3.05, 3.63) is 88.7 Å². The number of ether oxygens (including phenoxy) is 2. The summed E-state index contributed by atoms with van der Waals surface area (Å²) in [4.78, 5) is 27.9. The van der Waals surface area contributed by atoms with Gasteiger partial charge in [-0.05, 0) is 48.0 Å². The van der Waals surface area contributed by atoms with Crippen molar-refractivity contribution in [3.8, 4) is 34.4 Å². The van der Waals surface area contributed by atoms with E-state index >= 15 is 0 Å². The number of hydrogen-bond donors (Lipinski definition) is 2. The van der Waals surface area contributed by atoms with Crippen LogP contribution in [0.5, 0.6) is 17.2 Å². The van der Waals surface area contributed by atoms with Crippen molar-refractivity contribution >= 4 is 11.9 Å². The first-order chi connectivity index (χ1) is 15.5. The molecule has 0 saturated carbocycles. The molecule has 0 aliphatic heterocycles. The van der Waals surface area contributed by atoms with Gasteiger partial charge in [0, 0.05) is 11.8 Å². The normalized spacial score (nSPS) is 11.1. The summed E-state index contributed by atoms with van der Waals surface area (Å²) in [6, 6.07) is 13.4. The topological polar surface area (TPSA) is 107 Å². The Morgan fingerprint density at radius 3 is 2.50 bits per heavy atom. The first-order valence-corrected chi connectivity index (χ1v) is 9.63. The number of aromatic amines is 1. The Labute approximate surface area is 183 Å². The molecule has 0 spiro atoms. The van der Waals surface area contributed by atoms with Crippen molar-refractivity contribution in [3.63, 3.8) is 0 Å². The van der Waals surface area contributed by atoms with E-state index in [1.54, 1.807) is 60.8 Å². The fourth-order valence-corrected chi connectivity index (χ4v) is 3.23. The number of nitrogens with one attached hydrogen (secondary N) is 1. The Morgan fingerprint density at radius 2 is 1.84 bits per heavy atom. The van der Waals surface area contributed by atoms with E-state index in [2.05, 4.69) is 4.98 Å². The Balaban J connectivity index is 1.61. The number of hydrogen-bond acceptors (Lipinski definition) is 6. The van der Waals surface area contributed by atoms with Crippen LogP contribution in [-0.4, -0.2) is 34.7 Å². The molecule has 0 saturated heterocycles. The maximum Gasteiger partial charge on any atom is 0.330 e. The predicted molar refractivity (Wildman–Crippen MR) is 119 cm³/mol. The van der Waals surface area contributed by atoms with Crippen LogP contribution in [0.25, 0.3) is 23.2 Å². The number of H-pyrrole nitrogens is 1. The summed E-state index contributed by atoms with van der Waals surface area (Å²) in [6.45, 7) is 0. The molecule has 8 heteroatoms. The lowest BCUT2D eigenvalue weighted by molar-refractivity contribution is 0.104. The number of carbonyl (C=O) groups is 1. The Morgan fingerprint density at radius 1 is 1.09 bits per heavy atom. The van der Waals surface area contributed by atoms with E-state index in [-0.39, 0.29) is 28.7 Å². The lowest BCUT2D eigenvalue weighted by Crippen LogP contribution is -2.14. The van der Waals surface area contributed by atoms with Crippen molar-refractivity contribution in [2.75, 3.05) is 14.2 Å². The molecule has 32 heavy (non-hydrogen) atoms. The number of ketones is 1. The number of allylic oxidation sites excluding steroid dienone is 1. The zero-order valence-electron chi connectivity index (χ0n) is 17.4. The number of aromatic nitrogens is 2. The van der Waals surface area contributed by atoms with E-state index in [0.717, 1.165) is 0 Å². The number of nitrogens with zero attached hydrogens (tertiary/aromatic N) is 1. The van der Waals surface area contributed by atoms with E-state index in [1.807, 2.05) is 0 Å². The highest BCUT2D eigenvalue weighted by Crippen LogP contribution is 2.37. The molecule has 162 valence electrons. The van der Waals surface area contributed by atoms with E-state index < -0.39 is 0 Å². The van der Waals surface area contributed by atoms with E-state index in [4.69, 9.17) is 13.9 Å². The molecule has 2 heterocycles. The number of furan rings is 1. The molecule has 0 atom stereocenters. The third kappa shape index (κ3) is 4.06. The standard InChI is InChI=1S/C24H20N2O6/c1-30-21-11-15(12-22(31-2)23(21)28)8-9-19(27)16-5-3-6-17(13-16)26-14-18(25-24(26)29)20-7-4-10-32-20/h3-14,28H,1-2H3,(H,25,29)/b9-8+. The van der Waals surface area contributed by atoms with Crippen LogP contribution in [0.3, 0.4) is 0 Å². The average molecular weight is 432 g/mol. The van der Waals surface area contributed by atoms with E-state index in [1.165, 1.54) is 31.1 Å².